The van der Waals surface area contributed by atoms with E-state index >= 15 is 0 Å². The Morgan fingerprint density at radius 2 is 1.83 bits per heavy atom. The van der Waals surface area contributed by atoms with E-state index in [4.69, 9.17) is 5.21 Å². The van der Waals surface area contributed by atoms with Gasteiger partial charge in [-0.15, -0.1) is 0 Å². The largest absolute Gasteiger partial charge is 0.410 e. The van der Waals surface area contributed by atoms with E-state index in [-0.39, 0.29) is 17.7 Å². The average molecular weight is 246 g/mol. The van der Waals surface area contributed by atoms with Crippen LogP contribution in [0.5, 0.6) is 0 Å². The number of nitrogens with zero attached hydrogens (tertiary/aromatic N) is 1. The van der Waals surface area contributed by atoms with Gasteiger partial charge in [0.15, 0.2) is 5.71 Å². The van der Waals surface area contributed by atoms with Crippen LogP contribution in [0.25, 0.3) is 0 Å². The molecule has 0 saturated heterocycles. The van der Waals surface area contributed by atoms with E-state index in [1.807, 2.05) is 18.2 Å². The molecule has 1 amide bonds. The molecule has 18 heavy (non-hydrogen) atoms. The van der Waals surface area contributed by atoms with Crippen molar-refractivity contribution in [2.45, 2.75) is 38.1 Å². The van der Waals surface area contributed by atoms with E-state index in [0.29, 0.717) is 5.56 Å². The molecule has 4 nitrogen and oxygen atoms in total. The van der Waals surface area contributed by atoms with E-state index in [1.54, 1.807) is 12.1 Å². The number of rotatable bonds is 3. The van der Waals surface area contributed by atoms with Crippen LogP contribution in [-0.4, -0.2) is 22.9 Å². The van der Waals surface area contributed by atoms with Crippen LogP contribution in [0, 0.1) is 0 Å². The Morgan fingerprint density at radius 1 is 1.17 bits per heavy atom. The molecule has 96 valence electrons. The highest BCUT2D eigenvalue weighted by Crippen LogP contribution is 2.17. The number of carbonyl (C=O) groups is 1. The normalized spacial score (nSPS) is 17.4. The smallest absolute Gasteiger partial charge is 0.274 e. The van der Waals surface area contributed by atoms with Gasteiger partial charge in [-0.2, -0.15) is 0 Å². The second-order valence-corrected chi connectivity index (χ2v) is 4.62. The van der Waals surface area contributed by atoms with Gasteiger partial charge in [0.25, 0.3) is 5.91 Å². The molecule has 2 N–H and O–H groups in total. The van der Waals surface area contributed by atoms with Gasteiger partial charge >= 0.3 is 0 Å². The lowest BCUT2D eigenvalue weighted by Crippen LogP contribution is -2.40. The molecule has 1 saturated carbocycles. The topological polar surface area (TPSA) is 61.7 Å². The SMILES string of the molecule is O=C(NC1CCCCC1)/C(=N/O)c1ccccc1. The Hall–Kier alpha value is -1.84. The van der Waals surface area contributed by atoms with Gasteiger partial charge in [0.1, 0.15) is 0 Å². The minimum Gasteiger partial charge on any atom is -0.410 e. The maximum absolute atomic E-state index is 12.0. The first-order chi connectivity index (χ1) is 8.81. The molecule has 4 heteroatoms. The highest BCUT2D eigenvalue weighted by molar-refractivity contribution is 6.45. The molecule has 1 aromatic rings. The van der Waals surface area contributed by atoms with Crippen molar-refractivity contribution in [1.29, 1.82) is 0 Å². The van der Waals surface area contributed by atoms with Crippen LogP contribution < -0.4 is 5.32 Å². The molecule has 0 aliphatic heterocycles. The summed E-state index contributed by atoms with van der Waals surface area (Å²) in [5, 5.41) is 15.1. The molecule has 1 aliphatic carbocycles. The Balaban J connectivity index is 2.02. The molecule has 1 aliphatic rings. The van der Waals surface area contributed by atoms with E-state index in [9.17, 15) is 4.79 Å². The van der Waals surface area contributed by atoms with Crippen molar-refractivity contribution in [2.75, 3.05) is 0 Å². The Morgan fingerprint density at radius 3 is 2.44 bits per heavy atom. The molecule has 0 heterocycles. The zero-order valence-electron chi connectivity index (χ0n) is 10.3. The lowest BCUT2D eigenvalue weighted by Gasteiger charge is -2.22. The first-order valence-corrected chi connectivity index (χ1v) is 6.39. The van der Waals surface area contributed by atoms with Gasteiger partial charge in [-0.1, -0.05) is 54.8 Å². The van der Waals surface area contributed by atoms with Crippen molar-refractivity contribution in [3.05, 3.63) is 35.9 Å². The van der Waals surface area contributed by atoms with Crippen molar-refractivity contribution < 1.29 is 10.0 Å². The van der Waals surface area contributed by atoms with Gasteiger partial charge in [-0.05, 0) is 12.8 Å². The molecule has 0 radical (unpaired) electrons. The lowest BCUT2D eigenvalue weighted by atomic mass is 9.95. The van der Waals surface area contributed by atoms with Gasteiger partial charge < -0.3 is 10.5 Å². The number of benzene rings is 1. The predicted octanol–water partition coefficient (Wildman–Crippen LogP) is 2.31. The molecule has 1 aromatic carbocycles. The Labute approximate surface area is 107 Å². The lowest BCUT2D eigenvalue weighted by molar-refractivity contribution is -0.115. The van der Waals surface area contributed by atoms with E-state index in [1.165, 1.54) is 6.42 Å². The van der Waals surface area contributed by atoms with Crippen molar-refractivity contribution in [1.82, 2.24) is 5.32 Å². The van der Waals surface area contributed by atoms with Crippen LogP contribution in [0.1, 0.15) is 37.7 Å². The minimum atomic E-state index is -0.296. The fourth-order valence-electron chi connectivity index (χ4n) is 2.33. The number of hydrogen-bond acceptors (Lipinski definition) is 3. The Kier molecular flexibility index (Phi) is 4.34. The summed E-state index contributed by atoms with van der Waals surface area (Å²) >= 11 is 0. The van der Waals surface area contributed by atoms with Crippen LogP contribution in [0.3, 0.4) is 0 Å². The predicted molar refractivity (Wildman–Crippen MR) is 69.8 cm³/mol. The fourth-order valence-corrected chi connectivity index (χ4v) is 2.33. The van der Waals surface area contributed by atoms with Gasteiger partial charge in [-0.25, -0.2) is 0 Å². The average Bonchev–Trinajstić information content (AvgIpc) is 2.42. The minimum absolute atomic E-state index is 0.0844. The van der Waals surface area contributed by atoms with E-state index < -0.39 is 0 Å². The van der Waals surface area contributed by atoms with Crippen LogP contribution in [0.15, 0.2) is 35.5 Å². The Bertz CT molecular complexity index is 423. The van der Waals surface area contributed by atoms with E-state index in [2.05, 4.69) is 10.5 Å². The van der Waals surface area contributed by atoms with E-state index in [0.717, 1.165) is 25.7 Å². The highest BCUT2D eigenvalue weighted by atomic mass is 16.4. The van der Waals surface area contributed by atoms with Crippen LogP contribution in [-0.2, 0) is 4.79 Å². The number of hydrogen-bond donors (Lipinski definition) is 2. The van der Waals surface area contributed by atoms with Crippen molar-refractivity contribution >= 4 is 11.6 Å². The summed E-state index contributed by atoms with van der Waals surface area (Å²) in [4.78, 5) is 12.0. The molecule has 2 rings (SSSR count). The third kappa shape index (κ3) is 3.09. The molecular formula is C14H18N2O2. The third-order valence-electron chi connectivity index (χ3n) is 3.30. The summed E-state index contributed by atoms with van der Waals surface area (Å²) in [6.45, 7) is 0. The number of oxime groups is 1. The monoisotopic (exact) mass is 246 g/mol. The summed E-state index contributed by atoms with van der Waals surface area (Å²) in [5.41, 5.74) is 0.717. The van der Waals surface area contributed by atoms with Crippen molar-refractivity contribution in [3.63, 3.8) is 0 Å². The fraction of sp³-hybridized carbons (Fsp3) is 0.429. The second-order valence-electron chi connectivity index (χ2n) is 4.62. The van der Waals surface area contributed by atoms with Gasteiger partial charge in [-0.3, -0.25) is 4.79 Å². The summed E-state index contributed by atoms with van der Waals surface area (Å²) in [7, 11) is 0. The molecule has 0 unspecified atom stereocenters. The maximum Gasteiger partial charge on any atom is 0.274 e. The van der Waals surface area contributed by atoms with Gasteiger partial charge in [0.05, 0.1) is 0 Å². The molecule has 0 atom stereocenters. The summed E-state index contributed by atoms with van der Waals surface area (Å²) in [5.74, 6) is -0.296. The highest BCUT2D eigenvalue weighted by Gasteiger charge is 2.20. The van der Waals surface area contributed by atoms with Gasteiger partial charge in [0, 0.05) is 11.6 Å². The van der Waals surface area contributed by atoms with Crippen LogP contribution in [0.2, 0.25) is 0 Å². The van der Waals surface area contributed by atoms with Crippen LogP contribution in [0.4, 0.5) is 0 Å². The molecule has 0 aromatic heterocycles. The quantitative estimate of drug-likeness (QED) is 0.488. The maximum atomic E-state index is 12.0. The number of carbonyl (C=O) groups excluding carboxylic acids is 1. The molecular weight excluding hydrogens is 228 g/mol. The van der Waals surface area contributed by atoms with Gasteiger partial charge in [0.2, 0.25) is 0 Å². The van der Waals surface area contributed by atoms with Crippen molar-refractivity contribution in [3.8, 4) is 0 Å². The zero-order chi connectivity index (χ0) is 12.8. The summed E-state index contributed by atoms with van der Waals surface area (Å²) in [6, 6.07) is 9.22. The molecule has 0 bridgehead atoms. The number of nitrogens with one attached hydrogen (secondary N) is 1. The first kappa shape index (κ1) is 12.6. The number of amides is 1. The standard InChI is InChI=1S/C14H18N2O2/c17-14(15-12-9-5-2-6-10-12)13(16-18)11-7-3-1-4-8-11/h1,3-4,7-8,12,18H,2,5-6,9-10H2,(H,15,17)/b16-13+. The van der Waals surface area contributed by atoms with Crippen LogP contribution >= 0.6 is 0 Å². The summed E-state index contributed by atoms with van der Waals surface area (Å²) in [6.07, 6.45) is 5.58. The summed E-state index contributed by atoms with van der Waals surface area (Å²) < 4.78 is 0. The van der Waals surface area contributed by atoms with Crippen molar-refractivity contribution in [2.24, 2.45) is 5.16 Å². The molecule has 1 fully saturated rings. The first-order valence-electron chi connectivity index (χ1n) is 6.39. The second kappa shape index (κ2) is 6.19. The zero-order valence-corrected chi connectivity index (χ0v) is 10.3. The molecule has 0 spiro atoms. The third-order valence-corrected chi connectivity index (χ3v) is 3.30.